The smallest absolute Gasteiger partial charge is 0.404 e. The summed E-state index contributed by atoms with van der Waals surface area (Å²) in [5, 5.41) is 18.3. The van der Waals surface area contributed by atoms with E-state index in [4.69, 9.17) is 15.9 Å². The summed E-state index contributed by atoms with van der Waals surface area (Å²) in [6.45, 7) is 0.0583. The molecule has 6 nitrogen and oxygen atoms in total. The molecular weight excluding hydrogens is 152 g/mol. The molecule has 0 aliphatic rings. The van der Waals surface area contributed by atoms with Crippen LogP contribution < -0.4 is 11.1 Å². The molecule has 0 rings (SSSR count). The number of rotatable bonds is 4. The van der Waals surface area contributed by atoms with Gasteiger partial charge in [0.15, 0.2) is 0 Å². The van der Waals surface area contributed by atoms with Crippen LogP contribution in [0.5, 0.6) is 0 Å². The third-order valence-corrected chi connectivity index (χ3v) is 1.05. The van der Waals surface area contributed by atoms with Crippen molar-refractivity contribution >= 4 is 12.1 Å². The zero-order valence-electron chi connectivity index (χ0n) is 5.78. The summed E-state index contributed by atoms with van der Waals surface area (Å²) in [4.78, 5) is 19.9. The molecule has 0 saturated carbocycles. The van der Waals surface area contributed by atoms with Gasteiger partial charge in [-0.25, -0.2) is 4.79 Å². The van der Waals surface area contributed by atoms with E-state index in [0.29, 0.717) is 0 Å². The summed E-state index contributed by atoms with van der Waals surface area (Å²) >= 11 is 0. The van der Waals surface area contributed by atoms with Gasteiger partial charge in [0.25, 0.3) is 0 Å². The molecule has 0 spiro atoms. The Morgan fingerprint density at radius 3 is 2.36 bits per heavy atom. The molecule has 0 aromatic rings. The van der Waals surface area contributed by atoms with Gasteiger partial charge in [0, 0.05) is 6.54 Å². The lowest BCUT2D eigenvalue weighted by Crippen LogP contribution is -2.34. The highest BCUT2D eigenvalue weighted by molar-refractivity contribution is 5.73. The Hall–Kier alpha value is -1.30. The molecule has 0 aromatic carbocycles. The van der Waals surface area contributed by atoms with Gasteiger partial charge in [0.05, 0.1) is 0 Å². The van der Waals surface area contributed by atoms with Crippen LogP contribution >= 0.6 is 0 Å². The molecular formula is C5H10N2O4. The van der Waals surface area contributed by atoms with Crippen molar-refractivity contribution in [1.82, 2.24) is 5.32 Å². The van der Waals surface area contributed by atoms with Crippen LogP contribution in [-0.4, -0.2) is 34.9 Å². The molecule has 0 fully saturated rings. The van der Waals surface area contributed by atoms with Crippen molar-refractivity contribution in [3.05, 3.63) is 0 Å². The lowest BCUT2D eigenvalue weighted by Gasteiger charge is -2.04. The number of amides is 1. The predicted octanol–water partition coefficient (Wildman–Crippen LogP) is -0.944. The first kappa shape index (κ1) is 9.70. The Bertz CT molecular complexity index is 159. The van der Waals surface area contributed by atoms with E-state index >= 15 is 0 Å². The Kier molecular flexibility index (Phi) is 3.97. The van der Waals surface area contributed by atoms with Gasteiger partial charge in [-0.15, -0.1) is 0 Å². The zero-order chi connectivity index (χ0) is 8.85. The van der Waals surface area contributed by atoms with Crippen LogP contribution in [0.25, 0.3) is 0 Å². The number of hydrogen-bond donors (Lipinski definition) is 4. The van der Waals surface area contributed by atoms with Gasteiger partial charge in [-0.2, -0.15) is 0 Å². The minimum absolute atomic E-state index is 0.0583. The first-order valence-electron chi connectivity index (χ1n) is 2.99. The largest absolute Gasteiger partial charge is 0.480 e. The lowest BCUT2D eigenvalue weighted by atomic mass is 10.2. The van der Waals surface area contributed by atoms with Gasteiger partial charge in [-0.05, 0) is 6.42 Å². The molecule has 0 radical (unpaired) electrons. The standard InChI is InChI=1S/C5H10N2O4/c6-3(4(8)9)1-2-7-5(10)11/h3,7H,1-2,6H2,(H,8,9)(H,10,11)/t3-/m0/s1. The fourth-order valence-electron chi connectivity index (χ4n) is 0.458. The summed E-state index contributed by atoms with van der Waals surface area (Å²) in [7, 11) is 0. The predicted molar refractivity (Wildman–Crippen MR) is 36.3 cm³/mol. The Morgan fingerprint density at radius 2 is 2.00 bits per heavy atom. The maximum Gasteiger partial charge on any atom is 0.404 e. The highest BCUT2D eigenvalue weighted by Gasteiger charge is 2.10. The molecule has 0 unspecified atom stereocenters. The van der Waals surface area contributed by atoms with Crippen molar-refractivity contribution < 1.29 is 19.8 Å². The van der Waals surface area contributed by atoms with E-state index in [2.05, 4.69) is 0 Å². The second kappa shape index (κ2) is 4.51. The molecule has 1 amide bonds. The van der Waals surface area contributed by atoms with Gasteiger partial charge in [0.2, 0.25) is 0 Å². The first-order chi connectivity index (χ1) is 5.04. The molecule has 11 heavy (non-hydrogen) atoms. The minimum Gasteiger partial charge on any atom is -0.480 e. The van der Waals surface area contributed by atoms with E-state index in [0.717, 1.165) is 0 Å². The minimum atomic E-state index is -1.18. The number of nitrogens with one attached hydrogen (secondary N) is 1. The molecule has 0 aromatic heterocycles. The van der Waals surface area contributed by atoms with E-state index in [9.17, 15) is 9.59 Å². The molecule has 6 heteroatoms. The van der Waals surface area contributed by atoms with Gasteiger partial charge >= 0.3 is 12.1 Å². The van der Waals surface area contributed by atoms with Crippen LogP contribution in [0, 0.1) is 0 Å². The first-order valence-corrected chi connectivity index (χ1v) is 2.99. The number of nitrogens with two attached hydrogens (primary N) is 1. The molecule has 0 aliphatic heterocycles. The SMILES string of the molecule is N[C@@H](CCNC(=O)O)C(=O)O. The van der Waals surface area contributed by atoms with Gasteiger partial charge in [-0.3, -0.25) is 4.79 Å². The molecule has 0 aliphatic carbocycles. The zero-order valence-corrected chi connectivity index (χ0v) is 5.78. The molecule has 0 saturated heterocycles. The lowest BCUT2D eigenvalue weighted by molar-refractivity contribution is -0.138. The number of carboxylic acid groups (broad SMARTS) is 2. The highest BCUT2D eigenvalue weighted by atomic mass is 16.4. The van der Waals surface area contributed by atoms with Crippen molar-refractivity contribution in [1.29, 1.82) is 0 Å². The van der Waals surface area contributed by atoms with E-state index in [1.807, 2.05) is 5.32 Å². The van der Waals surface area contributed by atoms with Crippen LogP contribution in [0.15, 0.2) is 0 Å². The van der Waals surface area contributed by atoms with Crippen molar-refractivity contribution in [3.8, 4) is 0 Å². The fraction of sp³-hybridized carbons (Fsp3) is 0.600. The number of carboxylic acids is 1. The number of hydrogen-bond acceptors (Lipinski definition) is 3. The van der Waals surface area contributed by atoms with Gasteiger partial charge in [0.1, 0.15) is 6.04 Å². The summed E-state index contributed by atoms with van der Waals surface area (Å²) in [5.74, 6) is -1.13. The monoisotopic (exact) mass is 162 g/mol. The van der Waals surface area contributed by atoms with E-state index in [-0.39, 0.29) is 13.0 Å². The summed E-state index contributed by atoms with van der Waals surface area (Å²) in [5.41, 5.74) is 5.07. The van der Waals surface area contributed by atoms with Crippen molar-refractivity contribution in [2.75, 3.05) is 6.54 Å². The molecule has 5 N–H and O–H groups in total. The maximum atomic E-state index is 10.1. The molecule has 1 atom stereocenters. The van der Waals surface area contributed by atoms with Crippen molar-refractivity contribution in [3.63, 3.8) is 0 Å². The Balaban J connectivity index is 3.39. The van der Waals surface area contributed by atoms with Crippen LogP contribution in [0.4, 0.5) is 4.79 Å². The Labute approximate surface area is 63.0 Å². The van der Waals surface area contributed by atoms with Crippen molar-refractivity contribution in [2.24, 2.45) is 5.73 Å². The van der Waals surface area contributed by atoms with E-state index < -0.39 is 18.1 Å². The fourth-order valence-corrected chi connectivity index (χ4v) is 0.458. The van der Waals surface area contributed by atoms with Crippen LogP contribution in [0.1, 0.15) is 6.42 Å². The van der Waals surface area contributed by atoms with Crippen LogP contribution in [0.2, 0.25) is 0 Å². The molecule has 0 heterocycles. The maximum absolute atomic E-state index is 10.1. The third-order valence-electron chi connectivity index (χ3n) is 1.05. The van der Waals surface area contributed by atoms with E-state index in [1.54, 1.807) is 0 Å². The van der Waals surface area contributed by atoms with E-state index in [1.165, 1.54) is 0 Å². The Morgan fingerprint density at radius 1 is 1.45 bits per heavy atom. The second-order valence-corrected chi connectivity index (χ2v) is 1.97. The number of carbonyl (C=O) groups is 2. The topological polar surface area (TPSA) is 113 Å². The average Bonchev–Trinajstić information content (AvgIpc) is 1.86. The quantitative estimate of drug-likeness (QED) is 0.426. The second-order valence-electron chi connectivity index (χ2n) is 1.97. The summed E-state index contributed by atoms with van der Waals surface area (Å²) in [6, 6.07) is -0.998. The normalized spacial score (nSPS) is 12.1. The summed E-state index contributed by atoms with van der Waals surface area (Å²) in [6.07, 6.45) is -1.08. The highest BCUT2D eigenvalue weighted by Crippen LogP contribution is 1.85. The van der Waals surface area contributed by atoms with Crippen molar-refractivity contribution in [2.45, 2.75) is 12.5 Å². The molecule has 0 bridgehead atoms. The van der Waals surface area contributed by atoms with Crippen LogP contribution in [-0.2, 0) is 4.79 Å². The average molecular weight is 162 g/mol. The third kappa shape index (κ3) is 5.16. The van der Waals surface area contributed by atoms with Gasteiger partial charge in [-0.1, -0.05) is 0 Å². The van der Waals surface area contributed by atoms with Gasteiger partial charge < -0.3 is 21.3 Å². The molecule has 64 valence electrons. The number of aliphatic carboxylic acids is 1. The summed E-state index contributed by atoms with van der Waals surface area (Å²) < 4.78 is 0. The van der Waals surface area contributed by atoms with Crippen LogP contribution in [0.3, 0.4) is 0 Å².